The van der Waals surface area contributed by atoms with E-state index in [1.54, 1.807) is 0 Å². The predicted octanol–water partition coefficient (Wildman–Crippen LogP) is 9.27. The molecule has 0 saturated carbocycles. The highest BCUT2D eigenvalue weighted by Gasteiger charge is 2.20. The van der Waals surface area contributed by atoms with Crippen molar-refractivity contribution in [3.05, 3.63) is 95.1 Å². The molecule has 162 valence electrons. The number of allylic oxidation sites excluding steroid dienone is 7. The highest BCUT2D eigenvalue weighted by atomic mass is 14.2. The average molecular weight is 403 g/mol. The number of hydrogen-bond donors (Lipinski definition) is 0. The van der Waals surface area contributed by atoms with Gasteiger partial charge in [0.15, 0.2) is 0 Å². The minimum Gasteiger partial charge on any atom is -0.0995 e. The number of hydrogen-bond acceptors (Lipinski definition) is 0. The Morgan fingerprint density at radius 3 is 2.27 bits per heavy atom. The summed E-state index contributed by atoms with van der Waals surface area (Å²) in [6.07, 6.45) is 13.6. The predicted molar refractivity (Wildman–Crippen MR) is 135 cm³/mol. The zero-order valence-electron chi connectivity index (χ0n) is 19.9. The van der Waals surface area contributed by atoms with E-state index in [9.17, 15) is 0 Å². The Hall–Kier alpha value is -2.08. The summed E-state index contributed by atoms with van der Waals surface area (Å²) < 4.78 is 0. The zero-order valence-corrected chi connectivity index (χ0v) is 19.9. The Kier molecular flexibility index (Phi) is 9.63. The summed E-state index contributed by atoms with van der Waals surface area (Å²) in [5.41, 5.74) is 9.41. The maximum absolute atomic E-state index is 4.51. The fraction of sp³-hybridized carbons (Fsp3) is 0.467. The quantitative estimate of drug-likeness (QED) is 0.228. The van der Waals surface area contributed by atoms with Crippen LogP contribution in [0.4, 0.5) is 0 Å². The van der Waals surface area contributed by atoms with Gasteiger partial charge in [-0.05, 0) is 67.2 Å². The molecule has 0 radical (unpaired) electrons. The molecule has 2 rings (SSSR count). The molecule has 0 spiro atoms. The maximum Gasteiger partial charge on any atom is 0.00455 e. The van der Waals surface area contributed by atoms with Gasteiger partial charge in [0.05, 0.1) is 0 Å². The molecule has 0 nitrogen and oxygen atoms in total. The third-order valence-electron chi connectivity index (χ3n) is 6.33. The molecular weight excluding hydrogens is 360 g/mol. The summed E-state index contributed by atoms with van der Waals surface area (Å²) >= 11 is 0. The first-order chi connectivity index (χ1) is 14.3. The molecule has 1 unspecified atom stereocenters. The van der Waals surface area contributed by atoms with Crippen LogP contribution in [0.15, 0.2) is 84.0 Å². The van der Waals surface area contributed by atoms with Crippen molar-refractivity contribution >= 4 is 0 Å². The molecule has 1 aromatic rings. The van der Waals surface area contributed by atoms with Crippen LogP contribution < -0.4 is 0 Å². The molecule has 30 heavy (non-hydrogen) atoms. The standard InChI is InChI=1S/C30H42/c1-8-9-10-11-30(26(7)29-17-13-24(5)21-29)25(6)14-12-23(4)20-27-15-18-28(19-16-27)22(2)3/h15-19,21-22,30H,4,6-14,20H2,1-3,5H3. The van der Waals surface area contributed by atoms with Gasteiger partial charge in [0.25, 0.3) is 0 Å². The second-order valence-electron chi connectivity index (χ2n) is 9.41. The van der Waals surface area contributed by atoms with Gasteiger partial charge >= 0.3 is 0 Å². The molecule has 1 aliphatic rings. The Bertz CT molecular complexity index is 795. The van der Waals surface area contributed by atoms with Gasteiger partial charge in [0, 0.05) is 5.92 Å². The fourth-order valence-electron chi connectivity index (χ4n) is 4.21. The molecule has 0 saturated heterocycles. The second kappa shape index (κ2) is 11.9. The van der Waals surface area contributed by atoms with Gasteiger partial charge in [-0.15, -0.1) is 0 Å². The Balaban J connectivity index is 1.93. The van der Waals surface area contributed by atoms with Gasteiger partial charge in [-0.2, -0.15) is 0 Å². The highest BCUT2D eigenvalue weighted by Crippen LogP contribution is 2.35. The lowest BCUT2D eigenvalue weighted by Crippen LogP contribution is -2.09. The van der Waals surface area contributed by atoms with Crippen LogP contribution in [0.3, 0.4) is 0 Å². The van der Waals surface area contributed by atoms with Crippen LogP contribution in [0.25, 0.3) is 0 Å². The van der Waals surface area contributed by atoms with Crippen molar-refractivity contribution in [3.63, 3.8) is 0 Å². The van der Waals surface area contributed by atoms with E-state index in [0.29, 0.717) is 11.8 Å². The average Bonchev–Trinajstić information content (AvgIpc) is 3.16. The van der Waals surface area contributed by atoms with Gasteiger partial charge < -0.3 is 0 Å². The topological polar surface area (TPSA) is 0 Å². The van der Waals surface area contributed by atoms with Crippen molar-refractivity contribution in [3.8, 4) is 0 Å². The molecule has 0 N–H and O–H groups in total. The van der Waals surface area contributed by atoms with E-state index >= 15 is 0 Å². The highest BCUT2D eigenvalue weighted by molar-refractivity contribution is 5.47. The normalized spacial score (nSPS) is 14.4. The van der Waals surface area contributed by atoms with Gasteiger partial charge in [-0.3, -0.25) is 0 Å². The van der Waals surface area contributed by atoms with E-state index in [1.165, 1.54) is 64.7 Å². The SMILES string of the molecule is C=C(CCC(=C)C(CCCCC)C(=C)C1=CCC(C)=C1)Cc1ccc(C(C)C)cc1. The second-order valence-corrected chi connectivity index (χ2v) is 9.41. The molecule has 1 aliphatic carbocycles. The number of benzene rings is 1. The first-order valence-corrected chi connectivity index (χ1v) is 11.8. The first-order valence-electron chi connectivity index (χ1n) is 11.8. The van der Waals surface area contributed by atoms with Crippen LogP contribution in [0.5, 0.6) is 0 Å². The molecule has 0 heterocycles. The van der Waals surface area contributed by atoms with Crippen molar-refractivity contribution in [1.82, 2.24) is 0 Å². The summed E-state index contributed by atoms with van der Waals surface area (Å²) in [5, 5.41) is 0. The van der Waals surface area contributed by atoms with Crippen molar-refractivity contribution < 1.29 is 0 Å². The van der Waals surface area contributed by atoms with Crippen LogP contribution in [-0.2, 0) is 6.42 Å². The van der Waals surface area contributed by atoms with Crippen LogP contribution >= 0.6 is 0 Å². The van der Waals surface area contributed by atoms with Crippen molar-refractivity contribution in [2.75, 3.05) is 0 Å². The van der Waals surface area contributed by atoms with E-state index in [0.717, 1.165) is 25.7 Å². The van der Waals surface area contributed by atoms with Crippen molar-refractivity contribution in [1.29, 1.82) is 0 Å². The number of rotatable bonds is 13. The lowest BCUT2D eigenvalue weighted by molar-refractivity contribution is 0.563. The summed E-state index contributed by atoms with van der Waals surface area (Å²) in [5.74, 6) is 0.972. The minimum absolute atomic E-state index is 0.392. The van der Waals surface area contributed by atoms with E-state index < -0.39 is 0 Å². The molecule has 0 heteroatoms. The van der Waals surface area contributed by atoms with E-state index in [2.05, 4.69) is 83.8 Å². The number of unbranched alkanes of at least 4 members (excludes halogenated alkanes) is 2. The summed E-state index contributed by atoms with van der Waals surface area (Å²) in [7, 11) is 0. The van der Waals surface area contributed by atoms with Gasteiger partial charge in [0.2, 0.25) is 0 Å². The molecule has 0 fully saturated rings. The summed E-state index contributed by atoms with van der Waals surface area (Å²) in [6.45, 7) is 22.3. The molecule has 0 aliphatic heterocycles. The van der Waals surface area contributed by atoms with Crippen LogP contribution in [0.1, 0.15) is 89.7 Å². The van der Waals surface area contributed by atoms with E-state index in [-0.39, 0.29) is 0 Å². The van der Waals surface area contributed by atoms with Gasteiger partial charge in [-0.25, -0.2) is 0 Å². The molecule has 1 atom stereocenters. The van der Waals surface area contributed by atoms with E-state index in [1.807, 2.05) is 0 Å². The molecule has 0 bridgehead atoms. The smallest absolute Gasteiger partial charge is 0.00455 e. The third-order valence-corrected chi connectivity index (χ3v) is 6.33. The fourth-order valence-corrected chi connectivity index (χ4v) is 4.21. The van der Waals surface area contributed by atoms with Crippen molar-refractivity contribution in [2.45, 2.75) is 85.0 Å². The Morgan fingerprint density at radius 1 is 1.00 bits per heavy atom. The van der Waals surface area contributed by atoms with Gasteiger partial charge in [-0.1, -0.05) is 113 Å². The van der Waals surface area contributed by atoms with Crippen LogP contribution in [0.2, 0.25) is 0 Å². The molecule has 1 aromatic carbocycles. The van der Waals surface area contributed by atoms with Crippen molar-refractivity contribution in [2.24, 2.45) is 5.92 Å². The Labute approximate surface area is 186 Å². The first kappa shape index (κ1) is 24.2. The lowest BCUT2D eigenvalue weighted by atomic mass is 9.82. The Morgan fingerprint density at radius 2 is 1.70 bits per heavy atom. The third kappa shape index (κ3) is 7.31. The zero-order chi connectivity index (χ0) is 22.1. The van der Waals surface area contributed by atoms with Gasteiger partial charge in [0.1, 0.15) is 0 Å². The summed E-state index contributed by atoms with van der Waals surface area (Å²) in [4.78, 5) is 0. The maximum atomic E-state index is 4.51. The molecular formula is C30H42. The monoisotopic (exact) mass is 402 g/mol. The largest absolute Gasteiger partial charge is 0.0995 e. The lowest BCUT2D eigenvalue weighted by Gasteiger charge is -2.23. The minimum atomic E-state index is 0.392. The molecule has 0 aromatic heterocycles. The molecule has 0 amide bonds. The van der Waals surface area contributed by atoms with E-state index in [4.69, 9.17) is 0 Å². The summed E-state index contributed by atoms with van der Waals surface area (Å²) in [6, 6.07) is 9.02. The van der Waals surface area contributed by atoms with Crippen LogP contribution in [-0.4, -0.2) is 0 Å². The van der Waals surface area contributed by atoms with Crippen LogP contribution in [0, 0.1) is 5.92 Å².